The molecule has 7 nitrogen and oxygen atoms in total. The van der Waals surface area contributed by atoms with E-state index >= 15 is 0 Å². The summed E-state index contributed by atoms with van der Waals surface area (Å²) in [6.07, 6.45) is 0. The van der Waals surface area contributed by atoms with E-state index in [4.69, 9.17) is 26.2 Å². The number of halogens is 1. The van der Waals surface area contributed by atoms with Crippen molar-refractivity contribution in [1.82, 2.24) is 4.72 Å². The number of rotatable bonds is 4. The van der Waals surface area contributed by atoms with Crippen molar-refractivity contribution in [2.24, 2.45) is 0 Å². The van der Waals surface area contributed by atoms with Crippen LogP contribution in [0.3, 0.4) is 0 Å². The summed E-state index contributed by atoms with van der Waals surface area (Å²) in [4.78, 5) is 10.6. The molecule has 1 fully saturated rings. The minimum atomic E-state index is -3.88. The normalized spacial score (nSPS) is 17.4. The lowest BCUT2D eigenvalue weighted by Gasteiger charge is -2.16. The Morgan fingerprint density at radius 2 is 1.90 bits per heavy atom. The summed E-state index contributed by atoms with van der Waals surface area (Å²) in [5, 5.41) is 8.68. The molecule has 0 aromatic heterocycles. The number of carbonyl (C=O) groups is 1. The molecule has 9 heteroatoms. The molecule has 0 spiro atoms. The van der Waals surface area contributed by atoms with Gasteiger partial charge in [-0.25, -0.2) is 17.9 Å². The van der Waals surface area contributed by atoms with Gasteiger partial charge in [-0.3, -0.25) is 0 Å². The van der Waals surface area contributed by atoms with Crippen LogP contribution in [0.15, 0.2) is 23.1 Å². The van der Waals surface area contributed by atoms with Crippen molar-refractivity contribution in [2.75, 3.05) is 26.4 Å². The van der Waals surface area contributed by atoms with Crippen LogP contribution in [0.2, 0.25) is 5.02 Å². The first-order valence-corrected chi connectivity index (χ1v) is 7.97. The monoisotopic (exact) mass is 335 g/mol. The Morgan fingerprint density at radius 1 is 1.29 bits per heavy atom. The minimum absolute atomic E-state index is 0.0833. The molecule has 116 valence electrons. The minimum Gasteiger partial charge on any atom is -0.478 e. The zero-order valence-corrected chi connectivity index (χ0v) is 12.5. The number of nitrogens with one attached hydrogen (secondary N) is 1. The van der Waals surface area contributed by atoms with Gasteiger partial charge in [0.15, 0.2) is 0 Å². The molecule has 1 aliphatic heterocycles. The molecule has 1 aromatic rings. The zero-order valence-electron chi connectivity index (χ0n) is 10.9. The highest BCUT2D eigenvalue weighted by molar-refractivity contribution is 7.89. The van der Waals surface area contributed by atoms with E-state index in [9.17, 15) is 13.2 Å². The van der Waals surface area contributed by atoms with Gasteiger partial charge in [0.05, 0.1) is 43.1 Å². The summed E-state index contributed by atoms with van der Waals surface area (Å²) in [5.74, 6) is -1.18. The number of carboxylic acid groups (broad SMARTS) is 1. The fourth-order valence-corrected chi connectivity index (χ4v) is 3.57. The van der Waals surface area contributed by atoms with Crippen LogP contribution in [0.1, 0.15) is 10.4 Å². The van der Waals surface area contributed by atoms with Gasteiger partial charge in [0.2, 0.25) is 10.0 Å². The first-order valence-electron chi connectivity index (χ1n) is 6.11. The van der Waals surface area contributed by atoms with E-state index in [1.165, 1.54) is 6.07 Å². The average Bonchev–Trinajstić information content (AvgIpc) is 2.66. The van der Waals surface area contributed by atoms with Gasteiger partial charge >= 0.3 is 5.97 Å². The van der Waals surface area contributed by atoms with Crippen molar-refractivity contribution in [1.29, 1.82) is 0 Å². The molecule has 21 heavy (non-hydrogen) atoms. The Labute approximate surface area is 126 Å². The second kappa shape index (κ2) is 6.71. The molecule has 0 aliphatic carbocycles. The Morgan fingerprint density at radius 3 is 2.43 bits per heavy atom. The molecule has 0 atom stereocenters. The number of hydrogen-bond donors (Lipinski definition) is 2. The molecule has 0 amide bonds. The van der Waals surface area contributed by atoms with Crippen molar-refractivity contribution in [3.63, 3.8) is 0 Å². The highest BCUT2D eigenvalue weighted by atomic mass is 35.5. The quantitative estimate of drug-likeness (QED) is 0.841. The third kappa shape index (κ3) is 4.14. The van der Waals surface area contributed by atoms with Crippen LogP contribution < -0.4 is 4.72 Å². The first-order chi connectivity index (χ1) is 9.90. The number of aromatic carboxylic acids is 1. The summed E-state index contributed by atoms with van der Waals surface area (Å²) in [6, 6.07) is 2.92. The Balaban J connectivity index is 2.20. The van der Waals surface area contributed by atoms with Crippen LogP contribution in [0.25, 0.3) is 0 Å². The van der Waals surface area contributed by atoms with Gasteiger partial charge in [0, 0.05) is 0 Å². The van der Waals surface area contributed by atoms with Crippen LogP contribution >= 0.6 is 11.6 Å². The second-order valence-electron chi connectivity index (χ2n) is 4.42. The maximum Gasteiger partial charge on any atom is 0.335 e. The molecule has 1 aromatic carbocycles. The molecule has 1 heterocycles. The lowest BCUT2D eigenvalue weighted by molar-refractivity contribution is 0.0696. The molecule has 1 aliphatic rings. The number of hydrogen-bond acceptors (Lipinski definition) is 5. The molecule has 0 bridgehead atoms. The molecule has 0 radical (unpaired) electrons. The van der Waals surface area contributed by atoms with Crippen molar-refractivity contribution in [2.45, 2.75) is 10.9 Å². The van der Waals surface area contributed by atoms with Gasteiger partial charge in [0.1, 0.15) is 4.90 Å². The van der Waals surface area contributed by atoms with Gasteiger partial charge in [-0.15, -0.1) is 0 Å². The fourth-order valence-electron chi connectivity index (χ4n) is 1.82. The van der Waals surface area contributed by atoms with Crippen molar-refractivity contribution in [3.05, 3.63) is 28.8 Å². The molecule has 0 unspecified atom stereocenters. The first kappa shape index (κ1) is 16.2. The topological polar surface area (TPSA) is 102 Å². The van der Waals surface area contributed by atoms with Gasteiger partial charge < -0.3 is 14.6 Å². The Bertz CT molecular complexity index is 625. The van der Waals surface area contributed by atoms with Crippen molar-refractivity contribution < 1.29 is 27.8 Å². The van der Waals surface area contributed by atoms with Crippen LogP contribution in [0.4, 0.5) is 0 Å². The summed E-state index contributed by atoms with van der Waals surface area (Å²) in [5.41, 5.74) is -0.0833. The Kier molecular flexibility index (Phi) is 5.17. The SMILES string of the molecule is O=C(O)c1ccc(S(=O)(=O)NC2COCCOC2)c(Cl)c1. The average molecular weight is 336 g/mol. The lowest BCUT2D eigenvalue weighted by atomic mass is 10.2. The predicted octanol–water partition coefficient (Wildman–Crippen LogP) is 0.732. The largest absolute Gasteiger partial charge is 0.478 e. The highest BCUT2D eigenvalue weighted by Gasteiger charge is 2.24. The second-order valence-corrected chi connectivity index (χ2v) is 6.51. The maximum absolute atomic E-state index is 12.3. The fraction of sp³-hybridized carbons (Fsp3) is 0.417. The molecule has 0 saturated carbocycles. The van der Waals surface area contributed by atoms with Crippen LogP contribution in [-0.4, -0.2) is 52.0 Å². The van der Waals surface area contributed by atoms with Gasteiger partial charge in [-0.05, 0) is 18.2 Å². The highest BCUT2D eigenvalue weighted by Crippen LogP contribution is 2.23. The van der Waals surface area contributed by atoms with E-state index in [2.05, 4.69) is 4.72 Å². The number of ether oxygens (including phenoxy) is 2. The Hall–Kier alpha value is -1.19. The summed E-state index contributed by atoms with van der Waals surface area (Å²) in [7, 11) is -3.88. The number of carboxylic acids is 1. The zero-order chi connectivity index (χ0) is 15.5. The number of benzene rings is 1. The maximum atomic E-state index is 12.3. The predicted molar refractivity (Wildman–Crippen MR) is 74.2 cm³/mol. The molecular weight excluding hydrogens is 322 g/mol. The van der Waals surface area contributed by atoms with E-state index in [0.29, 0.717) is 13.2 Å². The molecule has 2 N–H and O–H groups in total. The lowest BCUT2D eigenvalue weighted by Crippen LogP contribution is -2.40. The number of sulfonamides is 1. The van der Waals surface area contributed by atoms with Gasteiger partial charge in [0.25, 0.3) is 0 Å². The van der Waals surface area contributed by atoms with E-state index in [-0.39, 0.29) is 28.7 Å². The third-order valence-electron chi connectivity index (χ3n) is 2.80. The summed E-state index contributed by atoms with van der Waals surface area (Å²) < 4.78 is 37.4. The standard InChI is InChI=1S/C12H14ClNO6S/c13-10-5-8(12(15)16)1-2-11(10)21(17,18)14-9-6-19-3-4-20-7-9/h1-2,5,9,14H,3-4,6-7H2,(H,15,16). The van der Waals surface area contributed by atoms with E-state index in [1.807, 2.05) is 0 Å². The van der Waals surface area contributed by atoms with E-state index in [0.717, 1.165) is 12.1 Å². The van der Waals surface area contributed by atoms with Crippen molar-refractivity contribution in [3.8, 4) is 0 Å². The van der Waals surface area contributed by atoms with Gasteiger partial charge in [-0.1, -0.05) is 11.6 Å². The van der Waals surface area contributed by atoms with Crippen LogP contribution in [0, 0.1) is 0 Å². The molecule has 1 saturated heterocycles. The van der Waals surface area contributed by atoms with Crippen LogP contribution in [0.5, 0.6) is 0 Å². The molecular formula is C12H14ClNO6S. The molecule has 2 rings (SSSR count). The summed E-state index contributed by atoms with van der Waals surface area (Å²) in [6.45, 7) is 1.21. The third-order valence-corrected chi connectivity index (χ3v) is 4.80. The van der Waals surface area contributed by atoms with E-state index in [1.54, 1.807) is 0 Å². The smallest absolute Gasteiger partial charge is 0.335 e. The van der Waals surface area contributed by atoms with E-state index < -0.39 is 22.0 Å². The summed E-state index contributed by atoms with van der Waals surface area (Å²) >= 11 is 5.86. The van der Waals surface area contributed by atoms with Crippen LogP contribution in [-0.2, 0) is 19.5 Å². The van der Waals surface area contributed by atoms with Crippen molar-refractivity contribution >= 4 is 27.6 Å². The van der Waals surface area contributed by atoms with Gasteiger partial charge in [-0.2, -0.15) is 0 Å².